The van der Waals surface area contributed by atoms with E-state index in [0.717, 1.165) is 46.9 Å². The van der Waals surface area contributed by atoms with E-state index in [4.69, 9.17) is 14.7 Å². The van der Waals surface area contributed by atoms with Gasteiger partial charge in [0.15, 0.2) is 0 Å². The number of ether oxygens (including phenoxy) is 1. The Morgan fingerprint density at radius 3 is 2.31 bits per heavy atom. The third kappa shape index (κ3) is 5.83. The lowest BCUT2D eigenvalue weighted by Crippen LogP contribution is -2.38. The molecule has 1 aromatic carbocycles. The lowest BCUT2D eigenvalue weighted by molar-refractivity contribution is 0.122. The van der Waals surface area contributed by atoms with E-state index < -0.39 is 10.8 Å². The van der Waals surface area contributed by atoms with Crippen LogP contribution >= 0.6 is 0 Å². The summed E-state index contributed by atoms with van der Waals surface area (Å²) in [4.78, 5) is 11.6. The third-order valence-corrected chi connectivity index (χ3v) is 7.65. The summed E-state index contributed by atoms with van der Waals surface area (Å²) in [6.45, 7) is 15.3. The Balaban J connectivity index is 1.65. The van der Waals surface area contributed by atoms with E-state index in [2.05, 4.69) is 57.0 Å². The molecule has 1 saturated heterocycles. The van der Waals surface area contributed by atoms with Gasteiger partial charge in [0, 0.05) is 52.8 Å². The highest BCUT2D eigenvalue weighted by atomic mass is 32.2. The third-order valence-electron chi connectivity index (χ3n) is 6.38. The Morgan fingerprint density at radius 2 is 1.71 bits per heavy atom. The maximum Gasteiger partial charge on any atom is 0.245 e. The van der Waals surface area contributed by atoms with Crippen molar-refractivity contribution in [2.24, 2.45) is 5.10 Å². The number of phenolic OH excluding ortho intramolecular Hbond substituents is 1. The molecule has 1 aromatic heterocycles. The van der Waals surface area contributed by atoms with Gasteiger partial charge >= 0.3 is 0 Å². The molecule has 0 saturated carbocycles. The topological polar surface area (TPSA) is 99.9 Å². The number of hydrazone groups is 1. The standard InChI is InChI=1S/C26H37N5O3S/c1-25(2,3)19-13-17(14-20(22(19)32)26(4,5)6)15-27-30-24-28-21-7-12-35(33)16-18(21)23(29-24)31-8-10-34-11-9-31/h13-15,32H,7-12,16H2,1-6H3,(H,28,29,30)/b27-15+. The van der Waals surface area contributed by atoms with Crippen molar-refractivity contribution < 1.29 is 14.1 Å². The average Bonchev–Trinajstić information content (AvgIpc) is 2.78. The Labute approximate surface area is 210 Å². The molecule has 8 nitrogen and oxygen atoms in total. The Hall–Kier alpha value is -2.52. The van der Waals surface area contributed by atoms with Crippen LogP contribution in [-0.2, 0) is 38.5 Å². The fraction of sp³-hybridized carbons (Fsp3) is 0.577. The van der Waals surface area contributed by atoms with Gasteiger partial charge in [0.2, 0.25) is 5.95 Å². The molecule has 0 spiro atoms. The van der Waals surface area contributed by atoms with Crippen LogP contribution in [0.4, 0.5) is 11.8 Å². The van der Waals surface area contributed by atoms with Gasteiger partial charge in [0.05, 0.1) is 30.9 Å². The fourth-order valence-corrected chi connectivity index (χ4v) is 5.62. The molecule has 9 heteroatoms. The van der Waals surface area contributed by atoms with E-state index in [0.29, 0.717) is 42.8 Å². The number of hydrogen-bond acceptors (Lipinski definition) is 8. The van der Waals surface area contributed by atoms with E-state index >= 15 is 0 Å². The largest absolute Gasteiger partial charge is 0.507 e. The molecule has 2 aliphatic rings. The Bertz CT molecular complexity index is 1110. The summed E-state index contributed by atoms with van der Waals surface area (Å²) < 4.78 is 17.8. The van der Waals surface area contributed by atoms with Gasteiger partial charge in [0.25, 0.3) is 0 Å². The molecule has 190 valence electrons. The summed E-state index contributed by atoms with van der Waals surface area (Å²) >= 11 is 0. The molecule has 2 aliphatic heterocycles. The molecule has 3 heterocycles. The van der Waals surface area contributed by atoms with Crippen molar-refractivity contribution in [3.8, 4) is 5.75 Å². The molecule has 4 rings (SSSR count). The number of morpholine rings is 1. The first-order chi connectivity index (χ1) is 16.4. The Morgan fingerprint density at radius 1 is 1.09 bits per heavy atom. The number of aromatic hydroxyl groups is 1. The predicted molar refractivity (Wildman–Crippen MR) is 142 cm³/mol. The average molecular weight is 500 g/mol. The van der Waals surface area contributed by atoms with E-state index in [1.807, 2.05) is 12.1 Å². The van der Waals surface area contributed by atoms with Crippen molar-refractivity contribution in [2.75, 3.05) is 42.4 Å². The monoisotopic (exact) mass is 499 g/mol. The number of phenols is 1. The zero-order valence-electron chi connectivity index (χ0n) is 21.6. The van der Waals surface area contributed by atoms with Gasteiger partial charge in [-0.1, -0.05) is 41.5 Å². The SMILES string of the molecule is CC(C)(C)c1cc(/C=N/Nc2nc3c(c(N4CCOCC4)n2)CS(=O)CC3)cc(C(C)(C)C)c1O. The fourth-order valence-electron chi connectivity index (χ4n) is 4.44. The molecule has 1 atom stereocenters. The van der Waals surface area contributed by atoms with Gasteiger partial charge in [-0.2, -0.15) is 10.1 Å². The van der Waals surface area contributed by atoms with Crippen molar-refractivity contribution >= 4 is 28.8 Å². The molecule has 1 unspecified atom stereocenters. The Kier molecular flexibility index (Phi) is 7.20. The summed E-state index contributed by atoms with van der Waals surface area (Å²) in [6, 6.07) is 3.97. The van der Waals surface area contributed by atoms with E-state index in [-0.39, 0.29) is 10.8 Å². The van der Waals surface area contributed by atoms with Crippen molar-refractivity contribution in [3.05, 3.63) is 40.1 Å². The summed E-state index contributed by atoms with van der Waals surface area (Å²) in [5, 5.41) is 15.4. The van der Waals surface area contributed by atoms with Crippen LogP contribution in [0, 0.1) is 0 Å². The molecule has 1 fully saturated rings. The molecule has 0 aliphatic carbocycles. The molecule has 35 heavy (non-hydrogen) atoms. The van der Waals surface area contributed by atoms with Crippen molar-refractivity contribution in [2.45, 2.75) is 64.5 Å². The van der Waals surface area contributed by atoms with E-state index in [1.54, 1.807) is 6.21 Å². The van der Waals surface area contributed by atoms with Gasteiger partial charge in [-0.15, -0.1) is 0 Å². The lowest BCUT2D eigenvalue weighted by Gasteiger charge is -2.31. The number of anilines is 2. The summed E-state index contributed by atoms with van der Waals surface area (Å²) in [6.07, 6.45) is 2.41. The highest BCUT2D eigenvalue weighted by molar-refractivity contribution is 7.84. The number of nitrogens with one attached hydrogen (secondary N) is 1. The van der Waals surface area contributed by atoms with E-state index in [1.165, 1.54) is 0 Å². The van der Waals surface area contributed by atoms with Crippen LogP contribution in [0.15, 0.2) is 17.2 Å². The molecule has 0 radical (unpaired) electrons. The molecule has 0 bridgehead atoms. The first-order valence-corrected chi connectivity index (χ1v) is 13.7. The molecule has 2 N–H and O–H groups in total. The van der Waals surface area contributed by atoms with Crippen LogP contribution in [0.1, 0.15) is 69.5 Å². The number of hydrogen-bond donors (Lipinski definition) is 2. The maximum atomic E-state index is 12.2. The number of benzene rings is 1. The second-order valence-corrected chi connectivity index (χ2v) is 12.8. The molecular formula is C26H37N5O3S. The zero-order valence-corrected chi connectivity index (χ0v) is 22.5. The van der Waals surface area contributed by atoms with Crippen molar-refractivity contribution in [1.82, 2.24) is 9.97 Å². The first-order valence-electron chi connectivity index (χ1n) is 12.2. The molecule has 2 aromatic rings. The number of aryl methyl sites for hydroxylation is 1. The highest BCUT2D eigenvalue weighted by Gasteiger charge is 2.27. The second kappa shape index (κ2) is 9.85. The summed E-state index contributed by atoms with van der Waals surface area (Å²) in [5.74, 6) is 2.72. The normalized spacial score (nSPS) is 19.1. The zero-order chi connectivity index (χ0) is 25.4. The number of aromatic nitrogens is 2. The van der Waals surface area contributed by atoms with Crippen molar-refractivity contribution in [1.29, 1.82) is 0 Å². The van der Waals surface area contributed by atoms with Gasteiger partial charge in [-0.3, -0.25) is 4.21 Å². The van der Waals surface area contributed by atoms with Gasteiger partial charge < -0.3 is 14.7 Å². The summed E-state index contributed by atoms with van der Waals surface area (Å²) in [5.41, 5.74) is 7.18. The van der Waals surface area contributed by atoms with Crippen LogP contribution < -0.4 is 10.3 Å². The quantitative estimate of drug-likeness (QED) is 0.487. The minimum Gasteiger partial charge on any atom is -0.507 e. The summed E-state index contributed by atoms with van der Waals surface area (Å²) in [7, 11) is -0.883. The lowest BCUT2D eigenvalue weighted by atomic mass is 9.78. The number of nitrogens with zero attached hydrogens (tertiary/aromatic N) is 4. The second-order valence-electron chi connectivity index (χ2n) is 11.3. The van der Waals surface area contributed by atoms with Crippen LogP contribution in [0.2, 0.25) is 0 Å². The van der Waals surface area contributed by atoms with Crippen LogP contribution in [0.5, 0.6) is 5.75 Å². The van der Waals surface area contributed by atoms with Crippen LogP contribution in [0.3, 0.4) is 0 Å². The number of rotatable bonds is 4. The van der Waals surface area contributed by atoms with Gasteiger partial charge in [-0.25, -0.2) is 10.4 Å². The number of fused-ring (bicyclic) bond motifs is 1. The predicted octanol–water partition coefficient (Wildman–Crippen LogP) is 3.86. The van der Waals surface area contributed by atoms with Crippen molar-refractivity contribution in [3.63, 3.8) is 0 Å². The van der Waals surface area contributed by atoms with Gasteiger partial charge in [-0.05, 0) is 28.5 Å². The minimum atomic E-state index is -0.883. The smallest absolute Gasteiger partial charge is 0.245 e. The molecule has 0 amide bonds. The van der Waals surface area contributed by atoms with E-state index in [9.17, 15) is 9.32 Å². The molecular weight excluding hydrogens is 462 g/mol. The minimum absolute atomic E-state index is 0.212. The highest BCUT2D eigenvalue weighted by Crippen LogP contribution is 2.39. The van der Waals surface area contributed by atoms with Gasteiger partial charge in [0.1, 0.15) is 11.6 Å². The maximum absolute atomic E-state index is 12.2. The van der Waals surface area contributed by atoms with Crippen LogP contribution in [0.25, 0.3) is 0 Å². The first kappa shape index (κ1) is 25.6. The van der Waals surface area contributed by atoms with Crippen LogP contribution in [-0.4, -0.2) is 57.6 Å².